The molecule has 0 aliphatic carbocycles. The van der Waals surface area contributed by atoms with Crippen LogP contribution < -0.4 is 10.2 Å². The fourth-order valence-electron chi connectivity index (χ4n) is 3.00. The van der Waals surface area contributed by atoms with Crippen molar-refractivity contribution < 1.29 is 4.79 Å². The van der Waals surface area contributed by atoms with Crippen LogP contribution in [-0.2, 0) is 6.42 Å². The van der Waals surface area contributed by atoms with Crippen molar-refractivity contribution >= 4 is 23.1 Å². The van der Waals surface area contributed by atoms with E-state index in [0.29, 0.717) is 11.5 Å². The molecule has 0 aromatic carbocycles. The number of amides is 1. The highest BCUT2D eigenvalue weighted by Crippen LogP contribution is 2.32. The number of hydrogen-bond acceptors (Lipinski definition) is 5. The number of pyridine rings is 1. The summed E-state index contributed by atoms with van der Waals surface area (Å²) in [5, 5.41) is 6.07. The van der Waals surface area contributed by atoms with Gasteiger partial charge in [0.2, 0.25) is 0 Å². The minimum Gasteiger partial charge on any atom is -0.355 e. The van der Waals surface area contributed by atoms with E-state index in [1.54, 1.807) is 24.6 Å². The Balaban J connectivity index is 1.82. The number of carbonyl (C=O) groups excluding carboxylic acids is 1. The summed E-state index contributed by atoms with van der Waals surface area (Å²) < 4.78 is 0. The van der Waals surface area contributed by atoms with E-state index in [0.717, 1.165) is 38.2 Å². The molecule has 2 aromatic heterocycles. The van der Waals surface area contributed by atoms with Crippen LogP contribution in [-0.4, -0.2) is 36.0 Å². The minimum atomic E-state index is -0.0854. The highest BCUT2D eigenvalue weighted by Gasteiger charge is 2.26. The Hall–Kier alpha value is -1.95. The molecule has 23 heavy (non-hydrogen) atoms. The second kappa shape index (κ2) is 7.08. The molecule has 1 aliphatic heterocycles. The fourth-order valence-corrected chi connectivity index (χ4v) is 4.04. The Morgan fingerprint density at radius 1 is 1.52 bits per heavy atom. The van der Waals surface area contributed by atoms with Crippen molar-refractivity contribution in [3.05, 3.63) is 40.0 Å². The number of rotatable bonds is 4. The number of thiazole rings is 1. The Kier molecular flexibility index (Phi) is 4.91. The number of piperidine rings is 1. The van der Waals surface area contributed by atoms with Gasteiger partial charge in [-0.15, -0.1) is 11.3 Å². The first-order valence-electron chi connectivity index (χ1n) is 8.09. The molecule has 2 aromatic rings. The van der Waals surface area contributed by atoms with Crippen LogP contribution in [0.5, 0.6) is 0 Å². The van der Waals surface area contributed by atoms with Gasteiger partial charge in [0.15, 0.2) is 0 Å². The lowest BCUT2D eigenvalue weighted by Gasteiger charge is -2.33. The molecule has 1 amide bonds. The van der Waals surface area contributed by atoms with Crippen molar-refractivity contribution in [3.63, 3.8) is 0 Å². The van der Waals surface area contributed by atoms with Crippen LogP contribution >= 0.6 is 11.3 Å². The first-order valence-corrected chi connectivity index (χ1v) is 8.97. The normalized spacial score (nSPS) is 18.0. The van der Waals surface area contributed by atoms with Gasteiger partial charge in [0, 0.05) is 37.6 Å². The van der Waals surface area contributed by atoms with E-state index in [9.17, 15) is 4.79 Å². The molecule has 122 valence electrons. The summed E-state index contributed by atoms with van der Waals surface area (Å²) in [6.45, 7) is 3.94. The van der Waals surface area contributed by atoms with E-state index in [2.05, 4.69) is 27.5 Å². The Labute approximate surface area is 140 Å². The second-order valence-corrected chi connectivity index (χ2v) is 6.66. The van der Waals surface area contributed by atoms with Crippen LogP contribution in [0.15, 0.2) is 23.7 Å². The molecule has 0 spiro atoms. The van der Waals surface area contributed by atoms with Crippen molar-refractivity contribution in [1.82, 2.24) is 15.3 Å². The smallest absolute Gasteiger partial charge is 0.254 e. The molecular formula is C17H22N4OS. The number of nitrogens with zero attached hydrogens (tertiary/aromatic N) is 3. The van der Waals surface area contributed by atoms with Gasteiger partial charge >= 0.3 is 0 Å². The number of carbonyl (C=O) groups is 1. The third kappa shape index (κ3) is 3.37. The fraction of sp³-hybridized carbons (Fsp3) is 0.471. The number of aromatic nitrogens is 2. The first kappa shape index (κ1) is 15.9. The van der Waals surface area contributed by atoms with Gasteiger partial charge in [0.05, 0.1) is 16.3 Å². The van der Waals surface area contributed by atoms with Crippen molar-refractivity contribution in [1.29, 1.82) is 0 Å². The molecular weight excluding hydrogens is 308 g/mol. The topological polar surface area (TPSA) is 58.1 Å². The molecule has 0 saturated carbocycles. The van der Waals surface area contributed by atoms with Crippen LogP contribution in [0, 0.1) is 0 Å². The maximum atomic E-state index is 12.1. The third-order valence-electron chi connectivity index (χ3n) is 4.26. The van der Waals surface area contributed by atoms with Crippen molar-refractivity contribution in [2.75, 3.05) is 25.0 Å². The van der Waals surface area contributed by atoms with Gasteiger partial charge in [-0.3, -0.25) is 4.79 Å². The van der Waals surface area contributed by atoms with E-state index in [1.165, 1.54) is 10.7 Å². The molecule has 3 heterocycles. The second-order valence-electron chi connectivity index (χ2n) is 5.77. The highest BCUT2D eigenvalue weighted by molar-refractivity contribution is 7.09. The maximum Gasteiger partial charge on any atom is 0.254 e. The molecule has 0 unspecified atom stereocenters. The quantitative estimate of drug-likeness (QED) is 0.936. The standard InChI is InChI=1S/C17H22N4OS/c1-3-13-11-23-17(20-13)12-6-5-9-21(10-12)15-14(16(22)18-2)7-4-8-19-15/h4,7-8,11-12H,3,5-6,9-10H2,1-2H3,(H,18,22)/t12-/m0/s1. The number of nitrogens with one attached hydrogen (secondary N) is 1. The Bertz CT molecular complexity index is 685. The molecule has 6 heteroatoms. The van der Waals surface area contributed by atoms with Gasteiger partial charge in [0.1, 0.15) is 5.82 Å². The van der Waals surface area contributed by atoms with E-state index in [1.807, 2.05) is 12.1 Å². The van der Waals surface area contributed by atoms with Gasteiger partial charge < -0.3 is 10.2 Å². The highest BCUT2D eigenvalue weighted by atomic mass is 32.1. The largest absolute Gasteiger partial charge is 0.355 e. The zero-order valence-corrected chi connectivity index (χ0v) is 14.4. The van der Waals surface area contributed by atoms with Gasteiger partial charge in [-0.1, -0.05) is 6.92 Å². The zero-order valence-electron chi connectivity index (χ0n) is 13.6. The molecule has 1 atom stereocenters. The third-order valence-corrected chi connectivity index (χ3v) is 5.32. The predicted molar refractivity (Wildman–Crippen MR) is 93.3 cm³/mol. The van der Waals surface area contributed by atoms with Crippen LogP contribution in [0.4, 0.5) is 5.82 Å². The molecule has 1 aliphatic rings. The molecule has 3 rings (SSSR count). The summed E-state index contributed by atoms with van der Waals surface area (Å²) in [5.41, 5.74) is 1.81. The van der Waals surface area contributed by atoms with Gasteiger partial charge in [-0.25, -0.2) is 9.97 Å². The Morgan fingerprint density at radius 2 is 2.39 bits per heavy atom. The molecule has 0 radical (unpaired) electrons. The first-order chi connectivity index (χ1) is 11.2. The van der Waals surface area contributed by atoms with Crippen LogP contribution in [0.1, 0.15) is 46.7 Å². The summed E-state index contributed by atoms with van der Waals surface area (Å²) in [5.74, 6) is 1.12. The lowest BCUT2D eigenvalue weighted by molar-refractivity contribution is 0.0963. The van der Waals surface area contributed by atoms with E-state index < -0.39 is 0 Å². The molecule has 0 bridgehead atoms. The number of anilines is 1. The minimum absolute atomic E-state index is 0.0854. The summed E-state index contributed by atoms with van der Waals surface area (Å²) in [6.07, 6.45) is 4.97. The van der Waals surface area contributed by atoms with Crippen LogP contribution in [0.25, 0.3) is 0 Å². The maximum absolute atomic E-state index is 12.1. The molecule has 1 fully saturated rings. The van der Waals surface area contributed by atoms with Crippen molar-refractivity contribution in [2.24, 2.45) is 0 Å². The predicted octanol–water partition coefficient (Wildman–Crippen LogP) is 2.84. The van der Waals surface area contributed by atoms with Gasteiger partial charge in [0.25, 0.3) is 5.91 Å². The molecule has 1 N–H and O–H groups in total. The van der Waals surface area contributed by atoms with Crippen LogP contribution in [0.3, 0.4) is 0 Å². The number of hydrogen-bond donors (Lipinski definition) is 1. The van der Waals surface area contributed by atoms with E-state index >= 15 is 0 Å². The average molecular weight is 330 g/mol. The Morgan fingerprint density at radius 3 is 3.13 bits per heavy atom. The summed E-state index contributed by atoms with van der Waals surface area (Å²) in [4.78, 5) is 23.5. The average Bonchev–Trinajstić information content (AvgIpc) is 3.10. The lowest BCUT2D eigenvalue weighted by atomic mass is 9.98. The van der Waals surface area contributed by atoms with Gasteiger partial charge in [-0.05, 0) is 31.4 Å². The lowest BCUT2D eigenvalue weighted by Crippen LogP contribution is -2.36. The number of aryl methyl sites for hydroxylation is 1. The van der Waals surface area contributed by atoms with E-state index in [4.69, 9.17) is 4.98 Å². The summed E-state index contributed by atoms with van der Waals surface area (Å²) in [7, 11) is 1.65. The summed E-state index contributed by atoms with van der Waals surface area (Å²) >= 11 is 1.76. The van der Waals surface area contributed by atoms with Crippen LogP contribution in [0.2, 0.25) is 0 Å². The SMILES string of the molecule is CCc1csc([C@H]2CCCN(c3ncccc3C(=O)NC)C2)n1. The van der Waals surface area contributed by atoms with E-state index in [-0.39, 0.29) is 5.91 Å². The van der Waals surface area contributed by atoms with Crippen molar-refractivity contribution in [3.8, 4) is 0 Å². The van der Waals surface area contributed by atoms with Crippen molar-refractivity contribution in [2.45, 2.75) is 32.1 Å². The zero-order chi connectivity index (χ0) is 16.2. The monoisotopic (exact) mass is 330 g/mol. The molecule has 1 saturated heterocycles. The van der Waals surface area contributed by atoms with Gasteiger partial charge in [-0.2, -0.15) is 0 Å². The summed E-state index contributed by atoms with van der Waals surface area (Å²) in [6, 6.07) is 3.65. The molecule has 5 nitrogen and oxygen atoms in total.